The Kier molecular flexibility index (Phi) is 2.54. The van der Waals surface area contributed by atoms with Crippen molar-refractivity contribution in [3.8, 4) is 0 Å². The normalized spacial score (nSPS) is 23.5. The van der Waals surface area contributed by atoms with Crippen molar-refractivity contribution in [2.24, 2.45) is 11.8 Å². The molecule has 1 heterocycles. The summed E-state index contributed by atoms with van der Waals surface area (Å²) in [6.07, 6.45) is 4.00. The molecule has 1 aliphatic carbocycles. The minimum absolute atomic E-state index is 0.269. The van der Waals surface area contributed by atoms with Gasteiger partial charge in [0.25, 0.3) is 0 Å². The van der Waals surface area contributed by atoms with E-state index in [-0.39, 0.29) is 5.92 Å². The lowest BCUT2D eigenvalue weighted by atomic mass is 9.85. The Bertz CT molecular complexity index is 197. The molecule has 3 nitrogen and oxygen atoms in total. The summed E-state index contributed by atoms with van der Waals surface area (Å²) in [4.78, 5) is 13.6. The molecule has 1 aliphatic heterocycles. The van der Waals surface area contributed by atoms with Gasteiger partial charge in [-0.1, -0.05) is 6.42 Å². The molecule has 0 bridgehead atoms. The third-order valence-corrected chi connectivity index (χ3v) is 3.26. The van der Waals surface area contributed by atoms with E-state index in [0.29, 0.717) is 5.91 Å². The second-order valence-electron chi connectivity index (χ2n) is 4.37. The van der Waals surface area contributed by atoms with Crippen LogP contribution in [0.3, 0.4) is 0 Å². The highest BCUT2D eigenvalue weighted by atomic mass is 16.2. The Balaban J connectivity index is 1.74. The Morgan fingerprint density at radius 2 is 2.15 bits per heavy atom. The number of rotatable bonds is 3. The lowest BCUT2D eigenvalue weighted by molar-refractivity contribution is -0.136. The first-order valence-corrected chi connectivity index (χ1v) is 5.23. The van der Waals surface area contributed by atoms with Crippen LogP contribution in [0.1, 0.15) is 19.3 Å². The molecule has 2 rings (SSSR count). The van der Waals surface area contributed by atoms with Crippen molar-refractivity contribution in [1.82, 2.24) is 10.2 Å². The molecule has 0 aromatic heterocycles. The van der Waals surface area contributed by atoms with Crippen molar-refractivity contribution in [1.29, 1.82) is 0 Å². The fraction of sp³-hybridized carbons (Fsp3) is 0.900. The first kappa shape index (κ1) is 9.00. The molecule has 2 aliphatic rings. The molecule has 1 saturated heterocycles. The van der Waals surface area contributed by atoms with Gasteiger partial charge in [0.05, 0.1) is 5.92 Å². The van der Waals surface area contributed by atoms with Crippen LogP contribution in [-0.4, -0.2) is 37.5 Å². The second-order valence-corrected chi connectivity index (χ2v) is 4.37. The van der Waals surface area contributed by atoms with Crippen molar-refractivity contribution < 1.29 is 4.79 Å². The monoisotopic (exact) mass is 182 g/mol. The van der Waals surface area contributed by atoms with Gasteiger partial charge in [-0.15, -0.1) is 0 Å². The van der Waals surface area contributed by atoms with E-state index in [0.717, 1.165) is 25.6 Å². The van der Waals surface area contributed by atoms with E-state index in [1.54, 1.807) is 0 Å². The molecule has 1 N–H and O–H groups in total. The molecular formula is C10H18N2O. The Hall–Kier alpha value is -0.570. The Morgan fingerprint density at radius 1 is 1.46 bits per heavy atom. The summed E-state index contributed by atoms with van der Waals surface area (Å²) in [6, 6.07) is 0. The lowest BCUT2D eigenvalue weighted by Crippen LogP contribution is -2.52. The molecule has 74 valence electrons. The van der Waals surface area contributed by atoms with Crippen molar-refractivity contribution in [2.75, 3.05) is 26.7 Å². The zero-order chi connectivity index (χ0) is 9.26. The van der Waals surface area contributed by atoms with Crippen LogP contribution < -0.4 is 5.32 Å². The molecule has 0 radical (unpaired) electrons. The smallest absolute Gasteiger partial charge is 0.228 e. The summed E-state index contributed by atoms with van der Waals surface area (Å²) in [5.41, 5.74) is 0. The summed E-state index contributed by atoms with van der Waals surface area (Å²) in [5, 5.41) is 3.13. The molecule has 0 aromatic carbocycles. The maximum absolute atomic E-state index is 11.7. The quantitative estimate of drug-likeness (QED) is 0.688. The molecule has 1 amide bonds. The number of carbonyl (C=O) groups is 1. The SMILES string of the molecule is CN(CC1CCC1)C(=O)C1CNC1. The number of hydrogen-bond acceptors (Lipinski definition) is 2. The zero-order valence-corrected chi connectivity index (χ0v) is 8.25. The number of nitrogens with zero attached hydrogens (tertiary/aromatic N) is 1. The average Bonchev–Trinajstić information content (AvgIpc) is 1.92. The van der Waals surface area contributed by atoms with Gasteiger partial charge in [-0.25, -0.2) is 0 Å². The highest BCUT2D eigenvalue weighted by molar-refractivity contribution is 5.79. The van der Waals surface area contributed by atoms with Crippen LogP contribution >= 0.6 is 0 Å². The number of amides is 1. The molecule has 0 atom stereocenters. The van der Waals surface area contributed by atoms with Crippen LogP contribution in [0.25, 0.3) is 0 Å². The van der Waals surface area contributed by atoms with Crippen LogP contribution in [0.2, 0.25) is 0 Å². The molecule has 1 saturated carbocycles. The molecule has 3 heteroatoms. The maximum Gasteiger partial charge on any atom is 0.228 e. The van der Waals surface area contributed by atoms with E-state index in [9.17, 15) is 4.79 Å². The zero-order valence-electron chi connectivity index (χ0n) is 8.25. The third kappa shape index (κ3) is 1.85. The fourth-order valence-corrected chi connectivity index (χ4v) is 1.93. The third-order valence-electron chi connectivity index (χ3n) is 3.26. The van der Waals surface area contributed by atoms with Gasteiger partial charge in [0, 0.05) is 26.7 Å². The lowest BCUT2D eigenvalue weighted by Gasteiger charge is -2.34. The highest BCUT2D eigenvalue weighted by Crippen LogP contribution is 2.27. The van der Waals surface area contributed by atoms with Gasteiger partial charge in [0.15, 0.2) is 0 Å². The largest absolute Gasteiger partial charge is 0.345 e. The summed E-state index contributed by atoms with van der Waals surface area (Å²) in [7, 11) is 1.94. The van der Waals surface area contributed by atoms with Crippen LogP contribution in [0.15, 0.2) is 0 Å². The molecule has 0 unspecified atom stereocenters. The second kappa shape index (κ2) is 3.66. The van der Waals surface area contributed by atoms with Crippen molar-refractivity contribution in [3.63, 3.8) is 0 Å². The van der Waals surface area contributed by atoms with Crippen LogP contribution in [0.5, 0.6) is 0 Å². The Morgan fingerprint density at radius 3 is 2.54 bits per heavy atom. The highest BCUT2D eigenvalue weighted by Gasteiger charge is 2.29. The summed E-state index contributed by atoms with van der Waals surface area (Å²) < 4.78 is 0. The standard InChI is InChI=1S/C10H18N2O/c1-12(7-8-3-2-4-8)10(13)9-5-11-6-9/h8-9,11H,2-7H2,1H3. The van der Waals surface area contributed by atoms with Crippen LogP contribution in [0, 0.1) is 11.8 Å². The van der Waals surface area contributed by atoms with Gasteiger partial charge >= 0.3 is 0 Å². The topological polar surface area (TPSA) is 32.3 Å². The molecule has 0 aromatic rings. The van der Waals surface area contributed by atoms with Gasteiger partial charge in [0.1, 0.15) is 0 Å². The summed E-state index contributed by atoms with van der Waals surface area (Å²) >= 11 is 0. The average molecular weight is 182 g/mol. The predicted octanol–water partition coefficient (Wildman–Crippen LogP) is 0.464. The molecule has 0 spiro atoms. The van der Waals surface area contributed by atoms with E-state index in [4.69, 9.17) is 0 Å². The van der Waals surface area contributed by atoms with Gasteiger partial charge in [-0.05, 0) is 18.8 Å². The van der Waals surface area contributed by atoms with E-state index >= 15 is 0 Å². The summed E-state index contributed by atoms with van der Waals surface area (Å²) in [5.74, 6) is 1.40. The van der Waals surface area contributed by atoms with Crippen molar-refractivity contribution >= 4 is 5.91 Å². The number of carbonyl (C=O) groups excluding carboxylic acids is 1. The van der Waals surface area contributed by atoms with Gasteiger partial charge in [-0.2, -0.15) is 0 Å². The maximum atomic E-state index is 11.7. The molecule has 2 fully saturated rings. The van der Waals surface area contributed by atoms with Gasteiger partial charge in [0.2, 0.25) is 5.91 Å². The van der Waals surface area contributed by atoms with Gasteiger partial charge in [-0.3, -0.25) is 4.79 Å². The van der Waals surface area contributed by atoms with Crippen molar-refractivity contribution in [2.45, 2.75) is 19.3 Å². The Labute approximate surface area is 79.5 Å². The fourth-order valence-electron chi connectivity index (χ4n) is 1.93. The van der Waals surface area contributed by atoms with E-state index in [2.05, 4.69) is 5.32 Å². The minimum Gasteiger partial charge on any atom is -0.345 e. The first-order chi connectivity index (χ1) is 6.27. The summed E-state index contributed by atoms with van der Waals surface area (Å²) in [6.45, 7) is 2.75. The van der Waals surface area contributed by atoms with Crippen LogP contribution in [-0.2, 0) is 4.79 Å². The van der Waals surface area contributed by atoms with E-state index in [1.165, 1.54) is 19.3 Å². The van der Waals surface area contributed by atoms with Gasteiger partial charge < -0.3 is 10.2 Å². The molecule has 13 heavy (non-hydrogen) atoms. The number of nitrogens with one attached hydrogen (secondary N) is 1. The number of hydrogen-bond donors (Lipinski definition) is 1. The first-order valence-electron chi connectivity index (χ1n) is 5.23. The van der Waals surface area contributed by atoms with E-state index < -0.39 is 0 Å². The van der Waals surface area contributed by atoms with E-state index in [1.807, 2.05) is 11.9 Å². The predicted molar refractivity (Wildman–Crippen MR) is 51.3 cm³/mol. The molecular weight excluding hydrogens is 164 g/mol. The van der Waals surface area contributed by atoms with Crippen LogP contribution in [0.4, 0.5) is 0 Å². The minimum atomic E-state index is 0.269. The van der Waals surface area contributed by atoms with Crippen molar-refractivity contribution in [3.05, 3.63) is 0 Å².